The second-order valence-corrected chi connectivity index (χ2v) is 7.42. The summed E-state index contributed by atoms with van der Waals surface area (Å²) in [4.78, 5) is 27.8. The number of thiazole rings is 1. The van der Waals surface area contributed by atoms with Gasteiger partial charge >= 0.3 is 0 Å². The fourth-order valence-corrected chi connectivity index (χ4v) is 4.45. The molecule has 1 heterocycles. The molecule has 7 heteroatoms. The van der Waals surface area contributed by atoms with Crippen molar-refractivity contribution in [1.29, 1.82) is 0 Å². The van der Waals surface area contributed by atoms with E-state index >= 15 is 0 Å². The van der Waals surface area contributed by atoms with Crippen LogP contribution in [0.1, 0.15) is 38.5 Å². The molecule has 2 aromatic rings. The number of carbonyl (C=O) groups is 1. The zero-order valence-corrected chi connectivity index (χ0v) is 14.8. The normalized spacial score (nSPS) is 16.2. The summed E-state index contributed by atoms with van der Waals surface area (Å²) in [6.45, 7) is 4.26. The molecule has 0 N–H and O–H groups in total. The number of nitro benzene ring substituents is 1. The molecule has 0 bridgehead atoms. The maximum atomic E-state index is 12.4. The molecular formula is C18H21N3O3S. The maximum absolute atomic E-state index is 12.4. The first kappa shape index (κ1) is 17.5. The fraction of sp³-hybridized carbons (Fsp3) is 0.444. The van der Waals surface area contributed by atoms with Gasteiger partial charge in [0.05, 0.1) is 15.1 Å². The summed E-state index contributed by atoms with van der Waals surface area (Å²) >= 11 is 1.31. The Morgan fingerprint density at radius 1 is 1.40 bits per heavy atom. The molecule has 1 aliphatic rings. The molecule has 1 saturated carbocycles. The number of non-ortho nitro benzene ring substituents is 1. The number of rotatable bonds is 5. The second-order valence-electron chi connectivity index (χ2n) is 6.41. The highest BCUT2D eigenvalue weighted by Crippen LogP contribution is 2.27. The first-order chi connectivity index (χ1) is 12.1. The molecule has 1 aliphatic carbocycles. The average molecular weight is 359 g/mol. The highest BCUT2D eigenvalue weighted by atomic mass is 32.1. The summed E-state index contributed by atoms with van der Waals surface area (Å²) in [6, 6.07) is 4.71. The highest BCUT2D eigenvalue weighted by molar-refractivity contribution is 7.16. The molecule has 1 amide bonds. The number of carbonyl (C=O) groups excluding carboxylic acids is 1. The van der Waals surface area contributed by atoms with Gasteiger partial charge in [-0.15, -0.1) is 6.58 Å². The number of benzene rings is 1. The Balaban J connectivity index is 1.95. The Labute approximate surface area is 149 Å². The van der Waals surface area contributed by atoms with Crippen molar-refractivity contribution in [3.8, 4) is 0 Å². The molecule has 0 atom stereocenters. The highest BCUT2D eigenvalue weighted by Gasteiger charge is 2.17. The molecule has 0 unspecified atom stereocenters. The van der Waals surface area contributed by atoms with E-state index < -0.39 is 4.92 Å². The summed E-state index contributed by atoms with van der Waals surface area (Å²) in [6.07, 6.45) is 8.08. The number of aromatic nitrogens is 1. The first-order valence-corrected chi connectivity index (χ1v) is 9.36. The van der Waals surface area contributed by atoms with Crippen molar-refractivity contribution >= 4 is 33.1 Å². The van der Waals surface area contributed by atoms with Crippen molar-refractivity contribution in [2.75, 3.05) is 0 Å². The van der Waals surface area contributed by atoms with Crippen LogP contribution in [0.4, 0.5) is 5.69 Å². The van der Waals surface area contributed by atoms with Gasteiger partial charge in [0.2, 0.25) is 5.91 Å². The summed E-state index contributed by atoms with van der Waals surface area (Å²) in [5.41, 5.74) is 0.874. The summed E-state index contributed by atoms with van der Waals surface area (Å²) in [7, 11) is 0. The van der Waals surface area contributed by atoms with Gasteiger partial charge < -0.3 is 4.57 Å². The lowest BCUT2D eigenvalue weighted by Gasteiger charge is -2.19. The van der Waals surface area contributed by atoms with Crippen LogP contribution in [0.5, 0.6) is 0 Å². The van der Waals surface area contributed by atoms with Crippen LogP contribution < -0.4 is 4.80 Å². The number of fused-ring (bicyclic) bond motifs is 1. The van der Waals surface area contributed by atoms with Crippen LogP contribution in [-0.4, -0.2) is 15.4 Å². The summed E-state index contributed by atoms with van der Waals surface area (Å²) in [5, 5.41) is 11.0. The van der Waals surface area contributed by atoms with Gasteiger partial charge in [0.25, 0.3) is 5.69 Å². The second kappa shape index (κ2) is 7.74. The first-order valence-electron chi connectivity index (χ1n) is 8.54. The third-order valence-electron chi connectivity index (χ3n) is 4.60. The Kier molecular flexibility index (Phi) is 5.43. The van der Waals surface area contributed by atoms with Crippen LogP contribution in [0.3, 0.4) is 0 Å². The topological polar surface area (TPSA) is 77.5 Å². The fourth-order valence-electron chi connectivity index (χ4n) is 3.36. The number of nitro groups is 1. The smallest absolute Gasteiger partial charge is 0.270 e. The monoisotopic (exact) mass is 359 g/mol. The van der Waals surface area contributed by atoms with Gasteiger partial charge in [0.1, 0.15) is 0 Å². The van der Waals surface area contributed by atoms with Gasteiger partial charge in [-0.25, -0.2) is 0 Å². The van der Waals surface area contributed by atoms with Crippen molar-refractivity contribution < 1.29 is 9.72 Å². The van der Waals surface area contributed by atoms with E-state index in [2.05, 4.69) is 11.6 Å². The number of nitrogens with zero attached hydrogens (tertiary/aromatic N) is 3. The minimum atomic E-state index is -0.415. The number of allylic oxidation sites excluding steroid dienone is 1. The molecule has 6 nitrogen and oxygen atoms in total. The van der Waals surface area contributed by atoms with E-state index in [9.17, 15) is 14.9 Å². The van der Waals surface area contributed by atoms with Crippen LogP contribution in [-0.2, 0) is 11.3 Å². The molecule has 25 heavy (non-hydrogen) atoms. The minimum Gasteiger partial charge on any atom is -0.312 e. The Hall–Kier alpha value is -2.28. The van der Waals surface area contributed by atoms with Crippen LogP contribution in [0.15, 0.2) is 35.8 Å². The SMILES string of the molecule is C=CCn1c(=NC(=O)CC2CCCCC2)sc2cc([N+](=O)[O-])ccc21. The molecule has 0 saturated heterocycles. The van der Waals surface area contributed by atoms with E-state index in [4.69, 9.17) is 0 Å². The van der Waals surface area contributed by atoms with Crippen LogP contribution in [0, 0.1) is 16.0 Å². The van der Waals surface area contributed by atoms with Gasteiger partial charge in [-0.3, -0.25) is 14.9 Å². The quantitative estimate of drug-likeness (QED) is 0.456. The number of amides is 1. The Morgan fingerprint density at radius 3 is 2.84 bits per heavy atom. The van der Waals surface area contributed by atoms with Crippen molar-refractivity contribution in [2.24, 2.45) is 10.9 Å². The predicted molar refractivity (Wildman–Crippen MR) is 98.4 cm³/mol. The van der Waals surface area contributed by atoms with E-state index in [0.29, 0.717) is 23.7 Å². The van der Waals surface area contributed by atoms with Gasteiger partial charge in [-0.1, -0.05) is 36.7 Å². The molecule has 0 spiro atoms. The van der Waals surface area contributed by atoms with Crippen molar-refractivity contribution in [3.63, 3.8) is 0 Å². The van der Waals surface area contributed by atoms with Gasteiger partial charge in [-0.2, -0.15) is 4.99 Å². The number of hydrogen-bond donors (Lipinski definition) is 0. The lowest BCUT2D eigenvalue weighted by Crippen LogP contribution is -2.18. The van der Waals surface area contributed by atoms with Crippen LogP contribution in [0.2, 0.25) is 0 Å². The Morgan fingerprint density at radius 2 is 2.16 bits per heavy atom. The molecule has 132 valence electrons. The maximum Gasteiger partial charge on any atom is 0.270 e. The predicted octanol–water partition coefficient (Wildman–Crippen LogP) is 4.19. The molecule has 1 fully saturated rings. The van der Waals surface area contributed by atoms with E-state index in [1.165, 1.54) is 42.7 Å². The minimum absolute atomic E-state index is 0.0413. The largest absolute Gasteiger partial charge is 0.312 e. The zero-order chi connectivity index (χ0) is 17.8. The lowest BCUT2D eigenvalue weighted by atomic mass is 9.87. The molecule has 0 aliphatic heterocycles. The average Bonchev–Trinajstić information content (AvgIpc) is 2.92. The molecule has 0 radical (unpaired) electrons. The standard InChI is InChI=1S/C18H21N3O3S/c1-2-10-20-15-9-8-14(21(23)24)12-16(15)25-18(20)19-17(22)11-13-6-4-3-5-7-13/h2,8-9,12-13H,1,3-7,10-11H2. The molecular weight excluding hydrogens is 338 g/mol. The van der Waals surface area contributed by atoms with Gasteiger partial charge in [-0.05, 0) is 24.8 Å². The van der Waals surface area contributed by atoms with E-state index in [1.54, 1.807) is 12.1 Å². The Bertz CT molecular complexity index is 875. The zero-order valence-electron chi connectivity index (χ0n) is 14.0. The molecule has 1 aromatic heterocycles. The summed E-state index contributed by atoms with van der Waals surface area (Å²) < 4.78 is 2.63. The molecule has 1 aromatic carbocycles. The summed E-state index contributed by atoms with van der Waals surface area (Å²) in [5.74, 6) is 0.332. The van der Waals surface area contributed by atoms with Crippen LogP contribution >= 0.6 is 11.3 Å². The molecule has 3 rings (SSSR count). The van der Waals surface area contributed by atoms with E-state index in [-0.39, 0.29) is 11.6 Å². The van der Waals surface area contributed by atoms with E-state index in [0.717, 1.165) is 23.1 Å². The number of hydrogen-bond acceptors (Lipinski definition) is 4. The third-order valence-corrected chi connectivity index (χ3v) is 5.64. The van der Waals surface area contributed by atoms with Gasteiger partial charge in [0.15, 0.2) is 4.80 Å². The van der Waals surface area contributed by atoms with Gasteiger partial charge in [0, 0.05) is 25.1 Å². The van der Waals surface area contributed by atoms with Crippen molar-refractivity contribution in [1.82, 2.24) is 4.57 Å². The van der Waals surface area contributed by atoms with Crippen molar-refractivity contribution in [3.05, 3.63) is 45.8 Å². The van der Waals surface area contributed by atoms with Crippen LogP contribution in [0.25, 0.3) is 10.2 Å². The third kappa shape index (κ3) is 4.04. The lowest BCUT2D eigenvalue weighted by molar-refractivity contribution is -0.384. The van der Waals surface area contributed by atoms with Crippen molar-refractivity contribution in [2.45, 2.75) is 45.1 Å². The van der Waals surface area contributed by atoms with E-state index in [1.807, 2.05) is 4.57 Å².